The summed E-state index contributed by atoms with van der Waals surface area (Å²) in [4.78, 5) is 26.7. The highest BCUT2D eigenvalue weighted by molar-refractivity contribution is 6.31. The molecule has 1 saturated heterocycles. The molecule has 8 nitrogen and oxygen atoms in total. The van der Waals surface area contributed by atoms with E-state index in [1.54, 1.807) is 0 Å². The number of carbonyl (C=O) groups is 1. The Hall–Kier alpha value is -2.82. The molecule has 29 heavy (non-hydrogen) atoms. The molecule has 156 valence electrons. The maximum absolute atomic E-state index is 12.9. The summed E-state index contributed by atoms with van der Waals surface area (Å²) < 4.78 is 43.8. The van der Waals surface area contributed by atoms with Crippen molar-refractivity contribution in [2.75, 3.05) is 30.4 Å². The summed E-state index contributed by atoms with van der Waals surface area (Å²) in [5.74, 6) is 0.722. The van der Waals surface area contributed by atoms with Crippen LogP contribution in [-0.2, 0) is 12.7 Å². The minimum atomic E-state index is -4.63. The number of nitrogens with zero attached hydrogens (tertiary/aromatic N) is 4. The van der Waals surface area contributed by atoms with Crippen LogP contribution in [0, 0.1) is 0 Å². The Bertz CT molecular complexity index is 890. The molecule has 2 aromatic rings. The summed E-state index contributed by atoms with van der Waals surface area (Å²) in [6.07, 6.45) is -2.56. The highest BCUT2D eigenvalue weighted by Gasteiger charge is 2.33. The van der Waals surface area contributed by atoms with Gasteiger partial charge in [0, 0.05) is 18.8 Å². The topological polar surface area (TPSA) is 92.3 Å². The lowest BCUT2D eigenvalue weighted by atomic mass is 10.2. The van der Waals surface area contributed by atoms with Crippen molar-refractivity contribution < 1.29 is 22.7 Å². The fourth-order valence-corrected chi connectivity index (χ4v) is 2.99. The molecule has 1 fully saturated rings. The number of urea groups is 1. The first-order valence-electron chi connectivity index (χ1n) is 8.72. The average Bonchev–Trinajstić information content (AvgIpc) is 3.21. The number of ether oxygens (including phenoxy) is 1. The van der Waals surface area contributed by atoms with E-state index in [-0.39, 0.29) is 24.1 Å². The first-order valence-corrected chi connectivity index (χ1v) is 9.09. The van der Waals surface area contributed by atoms with Crippen LogP contribution in [0.3, 0.4) is 0 Å². The standard InChI is InChI=1S/C17H18ClF3N6O2/c1-29-16-25-13(24-14(26-16)27-6-2-3-7-27)9-22-15(28)23-10-4-5-12(18)11(8-10)17(19,20)21/h4-5,8H,2-3,6-7,9H2,1H3,(H2,22,23,28). The molecule has 0 saturated carbocycles. The van der Waals surface area contributed by atoms with Gasteiger partial charge in [0.15, 0.2) is 5.82 Å². The zero-order valence-corrected chi connectivity index (χ0v) is 16.1. The first-order chi connectivity index (χ1) is 13.8. The molecule has 2 heterocycles. The van der Waals surface area contributed by atoms with Gasteiger partial charge >= 0.3 is 18.2 Å². The van der Waals surface area contributed by atoms with E-state index in [2.05, 4.69) is 25.6 Å². The monoisotopic (exact) mass is 430 g/mol. The molecule has 0 spiro atoms. The number of aromatic nitrogens is 3. The van der Waals surface area contributed by atoms with Crippen molar-refractivity contribution in [2.24, 2.45) is 0 Å². The zero-order chi connectivity index (χ0) is 21.0. The first kappa shape index (κ1) is 20.9. The van der Waals surface area contributed by atoms with Gasteiger partial charge in [0.2, 0.25) is 5.95 Å². The van der Waals surface area contributed by atoms with Crippen LogP contribution in [-0.4, -0.2) is 41.2 Å². The van der Waals surface area contributed by atoms with Crippen molar-refractivity contribution in [1.29, 1.82) is 0 Å². The Morgan fingerprint density at radius 3 is 2.62 bits per heavy atom. The smallest absolute Gasteiger partial charge is 0.417 e. The van der Waals surface area contributed by atoms with Gasteiger partial charge in [-0.1, -0.05) is 11.6 Å². The summed E-state index contributed by atoms with van der Waals surface area (Å²) in [6.45, 7) is 1.57. The molecular formula is C17H18ClF3N6O2. The molecule has 1 aliphatic heterocycles. The Morgan fingerprint density at radius 1 is 1.24 bits per heavy atom. The molecule has 1 aliphatic rings. The molecule has 3 rings (SSSR count). The van der Waals surface area contributed by atoms with Gasteiger partial charge in [-0.25, -0.2) is 4.79 Å². The second-order valence-corrected chi connectivity index (χ2v) is 6.64. The molecule has 0 bridgehead atoms. The summed E-state index contributed by atoms with van der Waals surface area (Å²) >= 11 is 5.57. The van der Waals surface area contributed by atoms with E-state index in [1.165, 1.54) is 13.2 Å². The number of anilines is 2. The van der Waals surface area contributed by atoms with Crippen molar-refractivity contribution >= 4 is 29.3 Å². The number of benzene rings is 1. The average molecular weight is 431 g/mol. The van der Waals surface area contributed by atoms with Crippen molar-refractivity contribution in [3.05, 3.63) is 34.6 Å². The van der Waals surface area contributed by atoms with E-state index in [1.807, 2.05) is 4.90 Å². The number of hydrogen-bond donors (Lipinski definition) is 2. The molecule has 2 N–H and O–H groups in total. The highest BCUT2D eigenvalue weighted by Crippen LogP contribution is 2.36. The van der Waals surface area contributed by atoms with E-state index < -0.39 is 22.8 Å². The number of nitrogens with one attached hydrogen (secondary N) is 2. The third-order valence-electron chi connectivity index (χ3n) is 4.16. The minimum Gasteiger partial charge on any atom is -0.467 e. The lowest BCUT2D eigenvalue weighted by Crippen LogP contribution is -2.30. The molecule has 0 aliphatic carbocycles. The van der Waals surface area contributed by atoms with Crippen LogP contribution in [0.2, 0.25) is 5.02 Å². The molecule has 0 unspecified atom stereocenters. The van der Waals surface area contributed by atoms with Crippen LogP contribution in [0.5, 0.6) is 6.01 Å². The number of alkyl halides is 3. The van der Waals surface area contributed by atoms with E-state index in [4.69, 9.17) is 16.3 Å². The van der Waals surface area contributed by atoms with E-state index >= 15 is 0 Å². The Morgan fingerprint density at radius 2 is 1.97 bits per heavy atom. The quantitative estimate of drug-likeness (QED) is 0.754. The molecule has 0 atom stereocenters. The minimum absolute atomic E-state index is 0.0507. The van der Waals surface area contributed by atoms with Crippen LogP contribution in [0.1, 0.15) is 24.2 Å². The number of methoxy groups -OCH3 is 1. The summed E-state index contributed by atoms with van der Waals surface area (Å²) in [5.41, 5.74) is -1.08. The summed E-state index contributed by atoms with van der Waals surface area (Å²) in [5, 5.41) is 4.38. The normalized spacial score (nSPS) is 14.0. The summed E-state index contributed by atoms with van der Waals surface area (Å²) in [7, 11) is 1.42. The van der Waals surface area contributed by atoms with Crippen LogP contribution in [0.4, 0.5) is 29.6 Å². The number of rotatable bonds is 5. The van der Waals surface area contributed by atoms with Gasteiger partial charge in [0.05, 0.1) is 24.2 Å². The molecule has 2 amide bonds. The Labute approximate surface area is 169 Å². The SMILES string of the molecule is COc1nc(CNC(=O)Nc2ccc(Cl)c(C(F)(F)F)c2)nc(N2CCCC2)n1. The molecule has 1 aromatic carbocycles. The number of halogens is 4. The van der Waals surface area contributed by atoms with Crippen molar-refractivity contribution in [3.8, 4) is 6.01 Å². The number of hydrogen-bond acceptors (Lipinski definition) is 6. The number of carbonyl (C=O) groups excluding carboxylic acids is 1. The largest absolute Gasteiger partial charge is 0.467 e. The molecule has 12 heteroatoms. The van der Waals surface area contributed by atoms with Gasteiger partial charge in [-0.15, -0.1) is 0 Å². The van der Waals surface area contributed by atoms with Gasteiger partial charge < -0.3 is 20.3 Å². The third-order valence-corrected chi connectivity index (χ3v) is 4.49. The molecular weight excluding hydrogens is 413 g/mol. The van der Waals surface area contributed by atoms with Crippen molar-refractivity contribution in [1.82, 2.24) is 20.3 Å². The fraction of sp³-hybridized carbons (Fsp3) is 0.412. The highest BCUT2D eigenvalue weighted by atomic mass is 35.5. The van der Waals surface area contributed by atoms with E-state index in [0.717, 1.165) is 38.1 Å². The van der Waals surface area contributed by atoms with Crippen molar-refractivity contribution in [3.63, 3.8) is 0 Å². The third kappa shape index (κ3) is 5.37. The fourth-order valence-electron chi connectivity index (χ4n) is 2.77. The van der Waals surface area contributed by atoms with Gasteiger partial charge in [-0.3, -0.25) is 0 Å². The van der Waals surface area contributed by atoms with Crippen LogP contribution in [0.25, 0.3) is 0 Å². The second-order valence-electron chi connectivity index (χ2n) is 6.23. The molecule has 1 aromatic heterocycles. The van der Waals surface area contributed by atoms with E-state index in [9.17, 15) is 18.0 Å². The maximum Gasteiger partial charge on any atom is 0.417 e. The lowest BCUT2D eigenvalue weighted by molar-refractivity contribution is -0.137. The summed E-state index contributed by atoms with van der Waals surface area (Å²) in [6, 6.07) is 2.50. The van der Waals surface area contributed by atoms with Crippen LogP contribution >= 0.6 is 11.6 Å². The Kier molecular flexibility index (Phi) is 6.26. The predicted octanol–water partition coefficient (Wildman–Crippen LogP) is 3.47. The van der Waals surface area contributed by atoms with Gasteiger partial charge in [-0.05, 0) is 31.0 Å². The second kappa shape index (κ2) is 8.68. The van der Waals surface area contributed by atoms with Crippen LogP contribution in [0.15, 0.2) is 18.2 Å². The Balaban J connectivity index is 1.66. The lowest BCUT2D eigenvalue weighted by Gasteiger charge is -2.16. The molecule has 0 radical (unpaired) electrons. The van der Waals surface area contributed by atoms with Gasteiger partial charge in [-0.2, -0.15) is 28.1 Å². The predicted molar refractivity (Wildman–Crippen MR) is 100 cm³/mol. The van der Waals surface area contributed by atoms with Crippen molar-refractivity contribution in [2.45, 2.75) is 25.6 Å². The van der Waals surface area contributed by atoms with Gasteiger partial charge in [0.25, 0.3) is 0 Å². The zero-order valence-electron chi connectivity index (χ0n) is 15.4. The van der Waals surface area contributed by atoms with E-state index in [0.29, 0.717) is 5.95 Å². The van der Waals surface area contributed by atoms with Crippen LogP contribution < -0.4 is 20.3 Å². The maximum atomic E-state index is 12.9. The van der Waals surface area contributed by atoms with Gasteiger partial charge in [0.1, 0.15) is 0 Å². The number of amides is 2.